The molecule has 182 valence electrons. The van der Waals surface area contributed by atoms with Crippen molar-refractivity contribution in [1.82, 2.24) is 18.3 Å². The van der Waals surface area contributed by atoms with Crippen LogP contribution in [0.2, 0.25) is 0 Å². The summed E-state index contributed by atoms with van der Waals surface area (Å²) in [6, 6.07) is 7.66. The van der Waals surface area contributed by atoms with Gasteiger partial charge in [-0.2, -0.15) is 5.26 Å². The van der Waals surface area contributed by atoms with Gasteiger partial charge in [0.1, 0.15) is 17.5 Å². The number of piperidine rings is 1. The molecule has 1 atom stereocenters. The van der Waals surface area contributed by atoms with Gasteiger partial charge >= 0.3 is 11.4 Å². The minimum atomic E-state index is -0.775. The Hall–Kier alpha value is -4.24. The highest BCUT2D eigenvalue weighted by Gasteiger charge is 2.25. The van der Waals surface area contributed by atoms with Gasteiger partial charge in [0, 0.05) is 45.4 Å². The van der Waals surface area contributed by atoms with E-state index in [2.05, 4.69) is 0 Å². The highest BCUT2D eigenvalue weighted by atomic mass is 19.1. The van der Waals surface area contributed by atoms with Gasteiger partial charge in [-0.05, 0) is 36.6 Å². The van der Waals surface area contributed by atoms with Crippen molar-refractivity contribution in [3.05, 3.63) is 89.0 Å². The largest absolute Gasteiger partial charge is 0.356 e. The average Bonchev–Trinajstić information content (AvgIpc) is 2.83. The van der Waals surface area contributed by atoms with Gasteiger partial charge in [-0.3, -0.25) is 23.3 Å². The van der Waals surface area contributed by atoms with Crippen molar-refractivity contribution in [3.8, 4) is 11.9 Å². The number of benzene rings is 1. The summed E-state index contributed by atoms with van der Waals surface area (Å²) in [5, 5.41) is 9.47. The van der Waals surface area contributed by atoms with Crippen LogP contribution in [0.1, 0.15) is 24.0 Å². The first kappa shape index (κ1) is 23.9. The maximum atomic E-state index is 14.0. The second-order valence-electron chi connectivity index (χ2n) is 8.55. The molecule has 11 nitrogen and oxygen atoms in total. The number of aromatic nitrogens is 4. The van der Waals surface area contributed by atoms with E-state index < -0.39 is 28.3 Å². The monoisotopic (exact) mass is 481 g/mol. The number of hydrogen-bond acceptors (Lipinski definition) is 7. The van der Waals surface area contributed by atoms with E-state index in [1.165, 1.54) is 26.2 Å². The van der Waals surface area contributed by atoms with Crippen LogP contribution in [0.25, 0.3) is 5.82 Å². The Kier molecular flexibility index (Phi) is 6.27. The minimum absolute atomic E-state index is 0.110. The van der Waals surface area contributed by atoms with E-state index >= 15 is 0 Å². The maximum Gasteiger partial charge on any atom is 0.338 e. The van der Waals surface area contributed by atoms with Crippen LogP contribution >= 0.6 is 0 Å². The molecule has 1 fully saturated rings. The number of nitrogens with two attached hydrogens (primary N) is 1. The molecule has 2 aromatic heterocycles. The lowest BCUT2D eigenvalue weighted by Crippen LogP contribution is -2.49. The summed E-state index contributed by atoms with van der Waals surface area (Å²) in [6.07, 6.45) is 1.50. The smallest absolute Gasteiger partial charge is 0.338 e. The van der Waals surface area contributed by atoms with E-state index in [1.807, 2.05) is 6.07 Å². The van der Waals surface area contributed by atoms with Crippen molar-refractivity contribution in [2.45, 2.75) is 25.4 Å². The molecule has 1 aliphatic rings. The molecule has 3 heterocycles. The summed E-state index contributed by atoms with van der Waals surface area (Å²) in [5.41, 5.74) is 3.65. The van der Waals surface area contributed by atoms with Crippen molar-refractivity contribution < 1.29 is 4.39 Å². The number of anilines is 1. The van der Waals surface area contributed by atoms with E-state index in [-0.39, 0.29) is 35.3 Å². The number of nitrogens with zero attached hydrogens (tertiary/aromatic N) is 6. The first-order valence-corrected chi connectivity index (χ1v) is 11.0. The van der Waals surface area contributed by atoms with Crippen LogP contribution in [0, 0.1) is 17.1 Å². The van der Waals surface area contributed by atoms with Crippen LogP contribution in [0.5, 0.6) is 0 Å². The Bertz CT molecular complexity index is 1590. The molecule has 0 amide bonds. The Morgan fingerprint density at radius 2 is 1.69 bits per heavy atom. The quantitative estimate of drug-likeness (QED) is 0.524. The fourth-order valence-corrected chi connectivity index (χ4v) is 4.25. The first-order valence-electron chi connectivity index (χ1n) is 11.0. The Morgan fingerprint density at radius 1 is 1.03 bits per heavy atom. The van der Waals surface area contributed by atoms with Crippen molar-refractivity contribution in [2.24, 2.45) is 19.8 Å². The molecular weight excluding hydrogens is 457 g/mol. The molecule has 1 aliphatic heterocycles. The number of hydrogen-bond donors (Lipinski definition) is 1. The summed E-state index contributed by atoms with van der Waals surface area (Å²) in [7, 11) is 2.56. The third-order valence-corrected chi connectivity index (χ3v) is 6.20. The predicted molar refractivity (Wildman–Crippen MR) is 126 cm³/mol. The summed E-state index contributed by atoms with van der Waals surface area (Å²) in [5.74, 6) is -0.531. The van der Waals surface area contributed by atoms with Gasteiger partial charge in [0.05, 0.1) is 18.2 Å². The summed E-state index contributed by atoms with van der Waals surface area (Å²) >= 11 is 0. The fraction of sp³-hybridized carbons (Fsp3) is 0.348. The predicted octanol–water partition coefficient (Wildman–Crippen LogP) is -0.617. The number of rotatable bonds is 4. The zero-order chi connectivity index (χ0) is 25.4. The Balaban J connectivity index is 2.04. The van der Waals surface area contributed by atoms with Gasteiger partial charge in [-0.15, -0.1) is 0 Å². The van der Waals surface area contributed by atoms with Crippen LogP contribution in [-0.2, 0) is 20.6 Å². The standard InChI is InChI=1S/C23H24FN7O4/c1-27-21(33)10-19(30(22(27)34)12-15-8-16(24)6-5-14(15)11-25)31-18(9-20(32)28(2)23(31)35)29-7-3-4-17(26)13-29/h5-6,8-10,17H,3-4,7,12-13,26H2,1-2H3/t17-/m1/s1. The average molecular weight is 481 g/mol. The third-order valence-electron chi connectivity index (χ3n) is 6.20. The van der Waals surface area contributed by atoms with Crippen molar-refractivity contribution in [2.75, 3.05) is 18.0 Å². The lowest BCUT2D eigenvalue weighted by atomic mass is 10.1. The second kappa shape index (κ2) is 9.19. The molecule has 35 heavy (non-hydrogen) atoms. The molecule has 0 bridgehead atoms. The molecule has 12 heteroatoms. The molecule has 3 aromatic rings. The van der Waals surface area contributed by atoms with E-state index in [4.69, 9.17) is 5.73 Å². The molecule has 4 rings (SSSR count). The molecule has 0 aliphatic carbocycles. The van der Waals surface area contributed by atoms with Gasteiger partial charge in [-0.25, -0.2) is 18.5 Å². The van der Waals surface area contributed by atoms with Crippen molar-refractivity contribution >= 4 is 5.82 Å². The molecular formula is C23H24FN7O4. The van der Waals surface area contributed by atoms with Crippen molar-refractivity contribution in [1.29, 1.82) is 5.26 Å². The van der Waals surface area contributed by atoms with E-state index in [0.717, 1.165) is 49.3 Å². The molecule has 0 unspecified atom stereocenters. The van der Waals surface area contributed by atoms with Crippen LogP contribution < -0.4 is 33.1 Å². The lowest BCUT2D eigenvalue weighted by Gasteiger charge is -2.34. The summed E-state index contributed by atoms with van der Waals surface area (Å²) in [6.45, 7) is 0.583. The van der Waals surface area contributed by atoms with E-state index in [1.54, 1.807) is 4.90 Å². The van der Waals surface area contributed by atoms with Crippen LogP contribution in [0.4, 0.5) is 10.2 Å². The highest BCUT2D eigenvalue weighted by molar-refractivity contribution is 5.46. The number of halogens is 1. The molecule has 2 N–H and O–H groups in total. The maximum absolute atomic E-state index is 14.0. The lowest BCUT2D eigenvalue weighted by molar-refractivity contribution is 0.495. The third kappa shape index (κ3) is 4.33. The second-order valence-corrected chi connectivity index (χ2v) is 8.55. The first-order chi connectivity index (χ1) is 16.6. The normalized spacial score (nSPS) is 15.7. The topological polar surface area (TPSA) is 141 Å². The fourth-order valence-electron chi connectivity index (χ4n) is 4.25. The van der Waals surface area contributed by atoms with Gasteiger partial charge in [0.2, 0.25) is 0 Å². The van der Waals surface area contributed by atoms with Crippen LogP contribution in [0.3, 0.4) is 0 Å². The Labute approximate surface area is 198 Å². The SMILES string of the molecule is Cn1c(=O)cc(-n2c(N3CCC[C@@H](N)C3)cc(=O)n(C)c2=O)n(Cc2cc(F)ccc2C#N)c1=O. The number of nitriles is 1. The molecule has 1 saturated heterocycles. The van der Waals surface area contributed by atoms with Crippen molar-refractivity contribution in [3.63, 3.8) is 0 Å². The van der Waals surface area contributed by atoms with Gasteiger partial charge < -0.3 is 10.6 Å². The van der Waals surface area contributed by atoms with Crippen LogP contribution in [0.15, 0.2) is 49.5 Å². The minimum Gasteiger partial charge on any atom is -0.356 e. The zero-order valence-electron chi connectivity index (χ0n) is 19.3. The summed E-state index contributed by atoms with van der Waals surface area (Å²) < 4.78 is 17.9. The zero-order valence-corrected chi connectivity index (χ0v) is 19.3. The van der Waals surface area contributed by atoms with Gasteiger partial charge in [-0.1, -0.05) is 0 Å². The van der Waals surface area contributed by atoms with Gasteiger partial charge in [0.25, 0.3) is 11.1 Å². The highest BCUT2D eigenvalue weighted by Crippen LogP contribution is 2.20. The van der Waals surface area contributed by atoms with E-state index in [0.29, 0.717) is 13.1 Å². The van der Waals surface area contributed by atoms with Crippen LogP contribution in [-0.4, -0.2) is 37.4 Å². The molecule has 0 spiro atoms. The molecule has 1 aromatic carbocycles. The summed E-state index contributed by atoms with van der Waals surface area (Å²) in [4.78, 5) is 53.5. The Morgan fingerprint density at radius 3 is 2.34 bits per heavy atom. The van der Waals surface area contributed by atoms with E-state index in [9.17, 15) is 28.8 Å². The molecule has 0 radical (unpaired) electrons. The molecule has 0 saturated carbocycles. The van der Waals surface area contributed by atoms with Gasteiger partial charge in [0.15, 0.2) is 0 Å².